The summed E-state index contributed by atoms with van der Waals surface area (Å²) in [6.07, 6.45) is 0.105. The highest BCUT2D eigenvalue weighted by atomic mass is 19.2. The number of aromatic amines is 1. The lowest BCUT2D eigenvalue weighted by Gasteiger charge is -2.14. The van der Waals surface area contributed by atoms with Gasteiger partial charge in [-0.25, -0.2) is 13.8 Å². The van der Waals surface area contributed by atoms with E-state index in [1.807, 2.05) is 0 Å². The van der Waals surface area contributed by atoms with Crippen LogP contribution in [0.2, 0.25) is 0 Å². The molecule has 7 heteroatoms. The van der Waals surface area contributed by atoms with E-state index in [1.54, 1.807) is 6.92 Å². The third kappa shape index (κ3) is 2.31. The number of carbonyl (C=O) groups excluding carboxylic acids is 1. The molecule has 0 aliphatic carbocycles. The fraction of sp³-hybridized carbons (Fsp3) is 0.250. The molecular weight excluding hydrogens is 258 g/mol. The summed E-state index contributed by atoms with van der Waals surface area (Å²) in [6, 6.07) is 1.59. The number of nitrogens with one attached hydrogen (secondary N) is 1. The van der Waals surface area contributed by atoms with Crippen LogP contribution >= 0.6 is 0 Å². The Kier molecular flexibility index (Phi) is 3.28. The summed E-state index contributed by atoms with van der Waals surface area (Å²) < 4.78 is 26.1. The van der Waals surface area contributed by atoms with Gasteiger partial charge in [0, 0.05) is 18.1 Å². The number of hydrogen-bond acceptors (Lipinski definition) is 4. The Bertz CT molecular complexity index is 712. The summed E-state index contributed by atoms with van der Waals surface area (Å²) in [5.41, 5.74) is -1.05. The van der Waals surface area contributed by atoms with Crippen molar-refractivity contribution in [3.8, 4) is 0 Å². The first-order chi connectivity index (χ1) is 8.93. The summed E-state index contributed by atoms with van der Waals surface area (Å²) in [7, 11) is 0. The Morgan fingerprint density at radius 1 is 1.42 bits per heavy atom. The minimum Gasteiger partial charge on any atom is -0.549 e. The number of carbonyl (C=O) groups is 1. The fourth-order valence-corrected chi connectivity index (χ4v) is 1.80. The molecule has 1 N–H and O–H groups in total. The van der Waals surface area contributed by atoms with Crippen LogP contribution in [0.4, 0.5) is 8.78 Å². The van der Waals surface area contributed by atoms with Crippen molar-refractivity contribution >= 4 is 17.0 Å². The zero-order valence-electron chi connectivity index (χ0n) is 9.87. The Balaban J connectivity index is 2.71. The van der Waals surface area contributed by atoms with Gasteiger partial charge in [0.2, 0.25) is 0 Å². The SMILES string of the molecule is CCC(C(=O)[O-])c1nc2cc(F)c(F)cc2[nH]c1=O. The summed E-state index contributed by atoms with van der Waals surface area (Å²) in [6.45, 7) is 1.55. The Labute approximate surface area is 105 Å². The maximum atomic E-state index is 13.1. The highest BCUT2D eigenvalue weighted by molar-refractivity contribution is 5.77. The summed E-state index contributed by atoms with van der Waals surface area (Å²) in [5.74, 6) is -4.88. The molecule has 1 atom stereocenters. The van der Waals surface area contributed by atoms with Gasteiger partial charge in [0.15, 0.2) is 11.6 Å². The topological polar surface area (TPSA) is 85.9 Å². The zero-order valence-corrected chi connectivity index (χ0v) is 9.87. The largest absolute Gasteiger partial charge is 0.549 e. The first kappa shape index (κ1) is 13.1. The second kappa shape index (κ2) is 4.75. The van der Waals surface area contributed by atoms with Gasteiger partial charge in [-0.05, 0) is 6.42 Å². The number of aromatic nitrogens is 2. The van der Waals surface area contributed by atoms with Crippen molar-refractivity contribution in [1.82, 2.24) is 9.97 Å². The molecule has 1 aromatic carbocycles. The number of H-pyrrole nitrogens is 1. The second-order valence-corrected chi connectivity index (χ2v) is 4.01. The molecule has 100 valence electrons. The number of carboxylic acids is 1. The first-order valence-corrected chi connectivity index (χ1v) is 5.53. The molecule has 0 fully saturated rings. The smallest absolute Gasteiger partial charge is 0.270 e. The lowest BCUT2D eigenvalue weighted by Crippen LogP contribution is -2.33. The molecule has 2 aromatic rings. The van der Waals surface area contributed by atoms with E-state index in [4.69, 9.17) is 0 Å². The molecule has 0 aliphatic heterocycles. The molecule has 0 saturated carbocycles. The van der Waals surface area contributed by atoms with Gasteiger partial charge in [-0.15, -0.1) is 0 Å². The molecule has 0 amide bonds. The molecule has 0 aliphatic rings. The Morgan fingerprint density at radius 2 is 2.05 bits per heavy atom. The van der Waals surface area contributed by atoms with Crippen molar-refractivity contribution in [2.24, 2.45) is 0 Å². The van der Waals surface area contributed by atoms with Crippen LogP contribution in [-0.2, 0) is 4.79 Å². The van der Waals surface area contributed by atoms with Crippen LogP contribution in [0.15, 0.2) is 16.9 Å². The predicted octanol–water partition coefficient (Wildman–Crippen LogP) is 0.445. The number of benzene rings is 1. The summed E-state index contributed by atoms with van der Waals surface area (Å²) in [4.78, 5) is 28.7. The van der Waals surface area contributed by atoms with Crippen LogP contribution in [0.25, 0.3) is 11.0 Å². The van der Waals surface area contributed by atoms with Gasteiger partial charge in [-0.1, -0.05) is 6.92 Å². The molecular formula is C12H9F2N2O3-. The molecule has 5 nitrogen and oxygen atoms in total. The van der Waals surface area contributed by atoms with Gasteiger partial charge in [0.25, 0.3) is 5.56 Å². The zero-order chi connectivity index (χ0) is 14.2. The predicted molar refractivity (Wildman–Crippen MR) is 60.3 cm³/mol. The van der Waals surface area contributed by atoms with Crippen molar-refractivity contribution in [3.05, 3.63) is 39.8 Å². The van der Waals surface area contributed by atoms with Crippen LogP contribution in [0, 0.1) is 11.6 Å². The van der Waals surface area contributed by atoms with Crippen molar-refractivity contribution in [1.29, 1.82) is 0 Å². The summed E-state index contributed by atoms with van der Waals surface area (Å²) in [5, 5.41) is 10.9. The van der Waals surface area contributed by atoms with Crippen molar-refractivity contribution < 1.29 is 18.7 Å². The second-order valence-electron chi connectivity index (χ2n) is 4.01. The van der Waals surface area contributed by atoms with Crippen LogP contribution in [0.3, 0.4) is 0 Å². The van der Waals surface area contributed by atoms with E-state index >= 15 is 0 Å². The minimum atomic E-state index is -1.44. The number of rotatable bonds is 3. The standard InChI is InChI=1S/C12H10F2N2O3/c1-2-5(12(18)19)10-11(17)16-9-4-7(14)6(13)3-8(9)15-10/h3-5H,2H2,1H3,(H,16,17)(H,18,19)/p-1. The molecule has 1 aromatic heterocycles. The third-order valence-corrected chi connectivity index (χ3v) is 2.78. The van der Waals surface area contributed by atoms with Crippen molar-refractivity contribution in [2.75, 3.05) is 0 Å². The van der Waals surface area contributed by atoms with E-state index in [9.17, 15) is 23.5 Å². The number of carboxylic acid groups (broad SMARTS) is 1. The van der Waals surface area contributed by atoms with Crippen LogP contribution in [0.5, 0.6) is 0 Å². The monoisotopic (exact) mass is 267 g/mol. The molecule has 0 spiro atoms. The van der Waals surface area contributed by atoms with E-state index in [0.717, 1.165) is 12.1 Å². The number of halogens is 2. The lowest BCUT2D eigenvalue weighted by molar-refractivity contribution is -0.308. The highest BCUT2D eigenvalue weighted by Gasteiger charge is 2.18. The Hall–Kier alpha value is -2.31. The number of nitrogens with zero attached hydrogens (tertiary/aromatic N) is 1. The van der Waals surface area contributed by atoms with Crippen molar-refractivity contribution in [3.63, 3.8) is 0 Å². The van der Waals surface area contributed by atoms with E-state index in [1.165, 1.54) is 0 Å². The van der Waals surface area contributed by atoms with E-state index in [0.29, 0.717) is 0 Å². The van der Waals surface area contributed by atoms with Gasteiger partial charge < -0.3 is 14.9 Å². The number of aliphatic carboxylic acids is 1. The van der Waals surface area contributed by atoms with E-state index in [-0.39, 0.29) is 23.1 Å². The number of fused-ring (bicyclic) bond motifs is 1. The van der Waals surface area contributed by atoms with E-state index in [2.05, 4.69) is 9.97 Å². The van der Waals surface area contributed by atoms with E-state index < -0.39 is 29.1 Å². The first-order valence-electron chi connectivity index (χ1n) is 5.53. The molecule has 19 heavy (non-hydrogen) atoms. The molecule has 2 rings (SSSR count). The molecule has 1 heterocycles. The molecule has 0 saturated heterocycles. The number of hydrogen-bond donors (Lipinski definition) is 1. The van der Waals surface area contributed by atoms with Gasteiger partial charge >= 0.3 is 0 Å². The van der Waals surface area contributed by atoms with Gasteiger partial charge in [0.1, 0.15) is 5.69 Å². The minimum absolute atomic E-state index is 0.000788. The van der Waals surface area contributed by atoms with Gasteiger partial charge in [-0.3, -0.25) is 4.79 Å². The average Bonchev–Trinajstić information content (AvgIpc) is 2.33. The normalized spacial score (nSPS) is 12.6. The third-order valence-electron chi connectivity index (χ3n) is 2.78. The molecule has 0 radical (unpaired) electrons. The average molecular weight is 267 g/mol. The van der Waals surface area contributed by atoms with Crippen LogP contribution in [-0.4, -0.2) is 15.9 Å². The fourth-order valence-electron chi connectivity index (χ4n) is 1.80. The quantitative estimate of drug-likeness (QED) is 0.874. The van der Waals surface area contributed by atoms with Crippen LogP contribution < -0.4 is 10.7 Å². The molecule has 1 unspecified atom stereocenters. The van der Waals surface area contributed by atoms with Crippen molar-refractivity contribution in [2.45, 2.75) is 19.3 Å². The lowest BCUT2D eigenvalue weighted by atomic mass is 10.0. The highest BCUT2D eigenvalue weighted by Crippen LogP contribution is 2.18. The Morgan fingerprint density at radius 3 is 2.63 bits per heavy atom. The maximum absolute atomic E-state index is 13.1. The maximum Gasteiger partial charge on any atom is 0.270 e. The molecule has 0 bridgehead atoms. The van der Waals surface area contributed by atoms with Crippen LogP contribution in [0.1, 0.15) is 25.0 Å². The summed E-state index contributed by atoms with van der Waals surface area (Å²) >= 11 is 0. The van der Waals surface area contributed by atoms with Gasteiger partial charge in [-0.2, -0.15) is 0 Å². The van der Waals surface area contributed by atoms with Gasteiger partial charge in [0.05, 0.1) is 17.0 Å².